The number of benzene rings is 1. The predicted octanol–water partition coefficient (Wildman–Crippen LogP) is 2.35. The van der Waals surface area contributed by atoms with E-state index in [4.69, 9.17) is 5.26 Å². The fourth-order valence-corrected chi connectivity index (χ4v) is 2.76. The first-order valence-corrected chi connectivity index (χ1v) is 6.46. The van der Waals surface area contributed by atoms with E-state index in [1.54, 1.807) is 4.68 Å². The van der Waals surface area contributed by atoms with Crippen LogP contribution in [0.2, 0.25) is 0 Å². The molecule has 1 atom stereocenters. The molecule has 0 spiro atoms. The average molecular weight is 252 g/mol. The zero-order valence-corrected chi connectivity index (χ0v) is 11.1. The maximum absolute atomic E-state index is 9.16. The molecule has 19 heavy (non-hydrogen) atoms. The summed E-state index contributed by atoms with van der Waals surface area (Å²) < 4.78 is 1.75. The van der Waals surface area contributed by atoms with Gasteiger partial charge in [0.05, 0.1) is 5.69 Å². The number of aromatic nitrogens is 2. The Morgan fingerprint density at radius 1 is 1.47 bits per heavy atom. The summed E-state index contributed by atoms with van der Waals surface area (Å²) in [7, 11) is 1.87. The molecule has 0 radical (unpaired) electrons. The third-order valence-corrected chi connectivity index (χ3v) is 3.81. The summed E-state index contributed by atoms with van der Waals surface area (Å²) in [5.41, 5.74) is 4.29. The molecule has 1 aromatic carbocycles. The molecule has 1 unspecified atom stereocenters. The summed E-state index contributed by atoms with van der Waals surface area (Å²) in [5.74, 6) is 1.36. The van der Waals surface area contributed by atoms with E-state index in [0.717, 1.165) is 24.5 Å². The smallest absolute Gasteiger partial charge is 0.142 e. The highest BCUT2D eigenvalue weighted by atomic mass is 15.3. The molecule has 4 nitrogen and oxygen atoms in total. The van der Waals surface area contributed by atoms with E-state index in [-0.39, 0.29) is 0 Å². The molecular formula is C15H16N4. The summed E-state index contributed by atoms with van der Waals surface area (Å²) in [6.07, 6.45) is 1.11. The second-order valence-corrected chi connectivity index (χ2v) is 5.03. The predicted molar refractivity (Wildman–Crippen MR) is 74.0 cm³/mol. The standard InChI is InChI=1S/C15H16N4/c1-10-14(8-16)15(19(2)18-10)17-9-12-7-11-5-3-4-6-13(11)12/h3-6,12,17H,7,9H2,1-2H3. The lowest BCUT2D eigenvalue weighted by Crippen LogP contribution is -2.25. The first-order chi connectivity index (χ1) is 9.20. The molecule has 0 amide bonds. The number of aryl methyl sites for hydroxylation is 2. The van der Waals surface area contributed by atoms with Crippen molar-refractivity contribution in [3.63, 3.8) is 0 Å². The summed E-state index contributed by atoms with van der Waals surface area (Å²) in [6.45, 7) is 2.72. The molecular weight excluding hydrogens is 236 g/mol. The molecule has 0 aliphatic heterocycles. The second kappa shape index (κ2) is 4.43. The number of nitrogens with zero attached hydrogens (tertiary/aromatic N) is 3. The van der Waals surface area contributed by atoms with Gasteiger partial charge in [-0.05, 0) is 24.5 Å². The van der Waals surface area contributed by atoms with Crippen molar-refractivity contribution in [1.29, 1.82) is 5.26 Å². The van der Waals surface area contributed by atoms with Gasteiger partial charge < -0.3 is 5.32 Å². The molecule has 1 aliphatic carbocycles. The highest BCUT2D eigenvalue weighted by Gasteiger charge is 2.25. The summed E-state index contributed by atoms with van der Waals surface area (Å²) >= 11 is 0. The Balaban J connectivity index is 1.74. The van der Waals surface area contributed by atoms with Gasteiger partial charge >= 0.3 is 0 Å². The van der Waals surface area contributed by atoms with E-state index in [9.17, 15) is 0 Å². The van der Waals surface area contributed by atoms with Crippen LogP contribution in [0.4, 0.5) is 5.82 Å². The first-order valence-electron chi connectivity index (χ1n) is 6.46. The van der Waals surface area contributed by atoms with Gasteiger partial charge in [-0.1, -0.05) is 24.3 Å². The highest BCUT2D eigenvalue weighted by molar-refractivity contribution is 5.55. The Labute approximate surface area is 112 Å². The molecule has 0 saturated carbocycles. The van der Waals surface area contributed by atoms with Gasteiger partial charge in [-0.15, -0.1) is 0 Å². The summed E-state index contributed by atoms with van der Waals surface area (Å²) in [5, 5.41) is 16.8. The normalized spacial score (nSPS) is 16.4. The van der Waals surface area contributed by atoms with Gasteiger partial charge in [-0.3, -0.25) is 4.68 Å². The largest absolute Gasteiger partial charge is 0.369 e. The molecule has 1 aliphatic rings. The molecule has 1 N–H and O–H groups in total. The van der Waals surface area contributed by atoms with Crippen molar-refractivity contribution in [2.45, 2.75) is 19.3 Å². The van der Waals surface area contributed by atoms with E-state index in [0.29, 0.717) is 11.5 Å². The molecule has 2 aromatic rings. The fraction of sp³-hybridized carbons (Fsp3) is 0.333. The van der Waals surface area contributed by atoms with Crippen LogP contribution in [0.25, 0.3) is 0 Å². The van der Waals surface area contributed by atoms with Gasteiger partial charge in [0.1, 0.15) is 17.5 Å². The zero-order valence-electron chi connectivity index (χ0n) is 11.1. The number of nitriles is 1. The van der Waals surface area contributed by atoms with Gasteiger partial charge in [0.2, 0.25) is 0 Å². The number of hydrogen-bond acceptors (Lipinski definition) is 3. The number of hydrogen-bond donors (Lipinski definition) is 1. The molecule has 0 saturated heterocycles. The Morgan fingerprint density at radius 3 is 3.00 bits per heavy atom. The quantitative estimate of drug-likeness (QED) is 0.912. The lowest BCUT2D eigenvalue weighted by Gasteiger charge is -2.30. The van der Waals surface area contributed by atoms with E-state index in [1.807, 2.05) is 14.0 Å². The molecule has 4 heteroatoms. The Bertz CT molecular complexity index is 663. The number of fused-ring (bicyclic) bond motifs is 1. The minimum absolute atomic E-state index is 0.540. The van der Waals surface area contributed by atoms with Crippen LogP contribution in [0.5, 0.6) is 0 Å². The van der Waals surface area contributed by atoms with E-state index < -0.39 is 0 Å². The lowest BCUT2D eigenvalue weighted by molar-refractivity contribution is 0.629. The van der Waals surface area contributed by atoms with Crippen molar-refractivity contribution in [1.82, 2.24) is 9.78 Å². The third kappa shape index (κ3) is 1.88. The van der Waals surface area contributed by atoms with Crippen LogP contribution < -0.4 is 5.32 Å². The maximum Gasteiger partial charge on any atom is 0.142 e. The van der Waals surface area contributed by atoms with Crippen molar-refractivity contribution in [3.8, 4) is 6.07 Å². The zero-order chi connectivity index (χ0) is 13.4. The topological polar surface area (TPSA) is 53.6 Å². The fourth-order valence-electron chi connectivity index (χ4n) is 2.76. The van der Waals surface area contributed by atoms with Crippen LogP contribution in [-0.2, 0) is 13.5 Å². The van der Waals surface area contributed by atoms with Gasteiger partial charge in [0.25, 0.3) is 0 Å². The van der Waals surface area contributed by atoms with Crippen molar-refractivity contribution in [2.75, 3.05) is 11.9 Å². The second-order valence-electron chi connectivity index (χ2n) is 5.03. The van der Waals surface area contributed by atoms with E-state index in [2.05, 4.69) is 40.8 Å². The lowest BCUT2D eigenvalue weighted by atomic mass is 9.77. The Morgan fingerprint density at radius 2 is 2.26 bits per heavy atom. The molecule has 96 valence electrons. The molecule has 1 heterocycles. The van der Waals surface area contributed by atoms with E-state index in [1.165, 1.54) is 11.1 Å². The third-order valence-electron chi connectivity index (χ3n) is 3.81. The minimum Gasteiger partial charge on any atom is -0.369 e. The van der Waals surface area contributed by atoms with Gasteiger partial charge in [-0.2, -0.15) is 10.4 Å². The van der Waals surface area contributed by atoms with Crippen molar-refractivity contribution < 1.29 is 0 Å². The van der Waals surface area contributed by atoms with Crippen LogP contribution in [-0.4, -0.2) is 16.3 Å². The highest BCUT2D eigenvalue weighted by Crippen LogP contribution is 2.35. The number of nitrogens with one attached hydrogen (secondary N) is 1. The van der Waals surface area contributed by atoms with Crippen LogP contribution in [0, 0.1) is 18.3 Å². The van der Waals surface area contributed by atoms with Crippen LogP contribution >= 0.6 is 0 Å². The van der Waals surface area contributed by atoms with Gasteiger partial charge in [-0.25, -0.2) is 0 Å². The molecule has 1 aromatic heterocycles. The SMILES string of the molecule is Cc1nn(C)c(NCC2Cc3ccccc32)c1C#N. The molecule has 0 bridgehead atoms. The number of rotatable bonds is 3. The Kier molecular flexibility index (Phi) is 2.75. The molecule has 0 fully saturated rings. The monoisotopic (exact) mass is 252 g/mol. The summed E-state index contributed by atoms with van der Waals surface area (Å²) in [6, 6.07) is 10.8. The first kappa shape index (κ1) is 11.8. The average Bonchev–Trinajstić information content (AvgIpc) is 2.64. The van der Waals surface area contributed by atoms with Crippen LogP contribution in [0.15, 0.2) is 24.3 Å². The van der Waals surface area contributed by atoms with Crippen LogP contribution in [0.1, 0.15) is 28.3 Å². The van der Waals surface area contributed by atoms with Gasteiger partial charge in [0, 0.05) is 19.5 Å². The van der Waals surface area contributed by atoms with Crippen molar-refractivity contribution in [2.24, 2.45) is 7.05 Å². The Hall–Kier alpha value is -2.28. The van der Waals surface area contributed by atoms with Crippen LogP contribution in [0.3, 0.4) is 0 Å². The van der Waals surface area contributed by atoms with Crippen molar-refractivity contribution in [3.05, 3.63) is 46.6 Å². The maximum atomic E-state index is 9.16. The number of anilines is 1. The van der Waals surface area contributed by atoms with Crippen molar-refractivity contribution >= 4 is 5.82 Å². The summed E-state index contributed by atoms with van der Waals surface area (Å²) in [4.78, 5) is 0. The minimum atomic E-state index is 0.540. The van der Waals surface area contributed by atoms with E-state index >= 15 is 0 Å². The van der Waals surface area contributed by atoms with Gasteiger partial charge in [0.15, 0.2) is 0 Å². The molecule has 3 rings (SSSR count).